The van der Waals surface area contributed by atoms with Crippen LogP contribution in [0, 0.1) is 6.92 Å². The lowest BCUT2D eigenvalue weighted by molar-refractivity contribution is 0.0996. The highest BCUT2D eigenvalue weighted by Crippen LogP contribution is 2.19. The molecule has 0 spiro atoms. The van der Waals surface area contributed by atoms with Crippen LogP contribution in [0.25, 0.3) is 11.0 Å². The summed E-state index contributed by atoms with van der Waals surface area (Å²) in [5.74, 6) is -0.0683. The quantitative estimate of drug-likeness (QED) is 0.802. The fourth-order valence-corrected chi connectivity index (χ4v) is 2.20. The number of carbonyl (C=O) groups excluding carboxylic acids is 1. The summed E-state index contributed by atoms with van der Waals surface area (Å²) in [5, 5.41) is 0. The number of hydrogen-bond donors (Lipinski definition) is 1. The number of amides is 1. The molecule has 0 atom stereocenters. The van der Waals surface area contributed by atoms with Crippen LogP contribution in [-0.4, -0.2) is 15.9 Å². The van der Waals surface area contributed by atoms with Crippen molar-refractivity contribution in [2.75, 3.05) is 0 Å². The summed E-state index contributed by atoms with van der Waals surface area (Å²) in [6, 6.07) is 14.6. The predicted molar refractivity (Wildman–Crippen MR) is 83.6 cm³/mol. The monoisotopic (exact) mass is 293 g/mol. The second kappa shape index (κ2) is 5.81. The van der Waals surface area contributed by atoms with Crippen molar-refractivity contribution in [2.24, 2.45) is 5.73 Å². The number of para-hydroxylation sites is 3. The molecule has 1 aromatic heterocycles. The number of carbonyl (C=O) groups is 1. The highest BCUT2D eigenvalue weighted by atomic mass is 16.5. The van der Waals surface area contributed by atoms with Crippen LogP contribution in [0.1, 0.15) is 21.7 Å². The zero-order valence-electron chi connectivity index (χ0n) is 12.1. The topological polar surface area (TPSA) is 78.1 Å². The van der Waals surface area contributed by atoms with E-state index < -0.39 is 5.91 Å². The molecule has 3 rings (SSSR count). The third kappa shape index (κ3) is 2.74. The number of aromatic nitrogens is 2. The molecule has 0 saturated heterocycles. The van der Waals surface area contributed by atoms with E-state index in [0.717, 1.165) is 22.4 Å². The minimum atomic E-state index is -0.517. The van der Waals surface area contributed by atoms with E-state index in [4.69, 9.17) is 10.5 Å². The smallest absolute Gasteiger partial charge is 0.252 e. The molecule has 0 saturated carbocycles. The molecule has 0 aliphatic rings. The number of rotatable bonds is 4. The molecule has 0 bridgehead atoms. The lowest BCUT2D eigenvalue weighted by atomic mass is 10.2. The summed E-state index contributed by atoms with van der Waals surface area (Å²) in [4.78, 5) is 20.5. The van der Waals surface area contributed by atoms with Gasteiger partial charge in [-0.1, -0.05) is 24.3 Å². The second-order valence-electron chi connectivity index (χ2n) is 4.89. The van der Waals surface area contributed by atoms with Crippen molar-refractivity contribution in [2.45, 2.75) is 13.5 Å². The average Bonchev–Trinajstić information content (AvgIpc) is 2.53. The summed E-state index contributed by atoms with van der Waals surface area (Å²) >= 11 is 0. The van der Waals surface area contributed by atoms with Gasteiger partial charge in [-0.3, -0.25) is 4.79 Å². The Kier molecular flexibility index (Phi) is 3.70. The number of fused-ring (bicyclic) bond motifs is 1. The first-order valence-corrected chi connectivity index (χ1v) is 6.89. The number of aryl methyl sites for hydroxylation is 1. The van der Waals surface area contributed by atoms with Crippen LogP contribution in [-0.2, 0) is 6.61 Å². The lowest BCUT2D eigenvalue weighted by Gasteiger charge is -2.11. The van der Waals surface area contributed by atoms with Gasteiger partial charge in [0, 0.05) is 0 Å². The van der Waals surface area contributed by atoms with Crippen LogP contribution in [0.3, 0.4) is 0 Å². The molecule has 2 aromatic carbocycles. The summed E-state index contributed by atoms with van der Waals surface area (Å²) in [6.07, 6.45) is 0. The van der Waals surface area contributed by atoms with Crippen LogP contribution in [0.2, 0.25) is 0 Å². The largest absolute Gasteiger partial charge is 0.486 e. The van der Waals surface area contributed by atoms with Crippen molar-refractivity contribution in [3.8, 4) is 5.75 Å². The van der Waals surface area contributed by atoms with Crippen molar-refractivity contribution in [3.63, 3.8) is 0 Å². The van der Waals surface area contributed by atoms with Crippen LogP contribution in [0.15, 0.2) is 48.5 Å². The van der Waals surface area contributed by atoms with Gasteiger partial charge in [0.05, 0.1) is 28.0 Å². The normalized spacial score (nSPS) is 10.6. The van der Waals surface area contributed by atoms with Gasteiger partial charge >= 0.3 is 0 Å². The third-order valence-corrected chi connectivity index (χ3v) is 3.36. The summed E-state index contributed by atoms with van der Waals surface area (Å²) < 4.78 is 5.71. The van der Waals surface area contributed by atoms with Crippen LogP contribution in [0.4, 0.5) is 0 Å². The van der Waals surface area contributed by atoms with Gasteiger partial charge < -0.3 is 10.5 Å². The fraction of sp³-hybridized carbons (Fsp3) is 0.118. The van der Waals surface area contributed by atoms with Crippen molar-refractivity contribution in [1.29, 1.82) is 0 Å². The van der Waals surface area contributed by atoms with E-state index in [1.165, 1.54) is 0 Å². The molecule has 1 amide bonds. The lowest BCUT2D eigenvalue weighted by Crippen LogP contribution is -2.13. The summed E-state index contributed by atoms with van der Waals surface area (Å²) in [5.41, 5.74) is 8.89. The second-order valence-corrected chi connectivity index (χ2v) is 4.89. The molecule has 22 heavy (non-hydrogen) atoms. The number of primary amides is 1. The number of ether oxygens (including phenoxy) is 1. The highest BCUT2D eigenvalue weighted by molar-refractivity contribution is 5.95. The number of hydrogen-bond acceptors (Lipinski definition) is 4. The Balaban J connectivity index is 1.88. The summed E-state index contributed by atoms with van der Waals surface area (Å²) in [7, 11) is 0. The summed E-state index contributed by atoms with van der Waals surface area (Å²) in [6.45, 7) is 2.12. The predicted octanol–water partition coefficient (Wildman–Crippen LogP) is 2.62. The SMILES string of the molecule is Cc1nc2ccccc2nc1COc1ccccc1C(N)=O. The maximum Gasteiger partial charge on any atom is 0.252 e. The Bertz CT molecular complexity index is 846. The maximum absolute atomic E-state index is 11.4. The van der Waals surface area contributed by atoms with Gasteiger partial charge in [-0.15, -0.1) is 0 Å². The Labute approximate surface area is 127 Å². The van der Waals surface area contributed by atoms with Gasteiger partial charge in [0.25, 0.3) is 5.91 Å². The van der Waals surface area contributed by atoms with Crippen molar-refractivity contribution < 1.29 is 9.53 Å². The standard InChI is InChI=1S/C17H15N3O2/c1-11-15(20-14-8-4-3-7-13(14)19-11)10-22-16-9-5-2-6-12(16)17(18)21/h2-9H,10H2,1H3,(H2,18,21). The molecule has 0 fully saturated rings. The molecule has 1 heterocycles. The molecular formula is C17H15N3O2. The number of benzene rings is 2. The maximum atomic E-state index is 11.4. The van der Waals surface area contributed by atoms with E-state index >= 15 is 0 Å². The van der Waals surface area contributed by atoms with Crippen LogP contribution < -0.4 is 10.5 Å². The Morgan fingerprint density at radius 2 is 1.68 bits per heavy atom. The molecule has 0 aliphatic heterocycles. The molecular weight excluding hydrogens is 278 g/mol. The molecule has 2 N–H and O–H groups in total. The number of nitrogens with two attached hydrogens (primary N) is 1. The first kappa shape index (κ1) is 14.0. The van der Waals surface area contributed by atoms with E-state index in [1.807, 2.05) is 31.2 Å². The van der Waals surface area contributed by atoms with Crippen molar-refractivity contribution in [1.82, 2.24) is 9.97 Å². The van der Waals surface area contributed by atoms with Crippen molar-refractivity contribution >= 4 is 16.9 Å². The van der Waals surface area contributed by atoms with E-state index in [-0.39, 0.29) is 6.61 Å². The highest BCUT2D eigenvalue weighted by Gasteiger charge is 2.10. The molecule has 5 heteroatoms. The van der Waals surface area contributed by atoms with Crippen LogP contribution >= 0.6 is 0 Å². The Hall–Kier alpha value is -2.95. The Morgan fingerprint density at radius 1 is 1.05 bits per heavy atom. The van der Waals surface area contributed by atoms with E-state index in [9.17, 15) is 4.79 Å². The number of nitrogens with zero attached hydrogens (tertiary/aromatic N) is 2. The molecule has 0 unspecified atom stereocenters. The van der Waals surface area contributed by atoms with Gasteiger partial charge in [-0.2, -0.15) is 0 Å². The first-order valence-electron chi connectivity index (χ1n) is 6.89. The third-order valence-electron chi connectivity index (χ3n) is 3.36. The van der Waals surface area contributed by atoms with E-state index in [2.05, 4.69) is 9.97 Å². The zero-order valence-corrected chi connectivity index (χ0v) is 12.1. The van der Waals surface area contributed by atoms with Gasteiger partial charge in [0.1, 0.15) is 12.4 Å². The van der Waals surface area contributed by atoms with Gasteiger partial charge in [0.15, 0.2) is 0 Å². The van der Waals surface area contributed by atoms with Gasteiger partial charge in [-0.25, -0.2) is 9.97 Å². The first-order chi connectivity index (χ1) is 10.6. The van der Waals surface area contributed by atoms with E-state index in [1.54, 1.807) is 24.3 Å². The van der Waals surface area contributed by atoms with Gasteiger partial charge in [0.2, 0.25) is 0 Å². The molecule has 3 aromatic rings. The Morgan fingerprint density at radius 3 is 2.41 bits per heavy atom. The molecule has 0 radical (unpaired) electrons. The van der Waals surface area contributed by atoms with Crippen LogP contribution in [0.5, 0.6) is 5.75 Å². The van der Waals surface area contributed by atoms with Crippen molar-refractivity contribution in [3.05, 3.63) is 65.5 Å². The minimum absolute atomic E-state index is 0.230. The molecule has 110 valence electrons. The average molecular weight is 293 g/mol. The zero-order chi connectivity index (χ0) is 15.5. The minimum Gasteiger partial charge on any atom is -0.486 e. The van der Waals surface area contributed by atoms with E-state index in [0.29, 0.717) is 11.3 Å². The van der Waals surface area contributed by atoms with Gasteiger partial charge in [-0.05, 0) is 31.2 Å². The molecule has 0 aliphatic carbocycles. The molecule has 5 nitrogen and oxygen atoms in total. The fourth-order valence-electron chi connectivity index (χ4n) is 2.20.